The molecule has 0 bridgehead atoms. The second kappa shape index (κ2) is 12.4. The van der Waals surface area contributed by atoms with Gasteiger partial charge in [-0.25, -0.2) is 4.79 Å². The summed E-state index contributed by atoms with van der Waals surface area (Å²) in [6.45, 7) is 2.90. The van der Waals surface area contributed by atoms with E-state index >= 15 is 0 Å². The third-order valence-electron chi connectivity index (χ3n) is 6.05. The molecule has 198 valence electrons. The highest BCUT2D eigenvalue weighted by Gasteiger charge is 2.18. The van der Waals surface area contributed by atoms with Crippen molar-refractivity contribution in [2.45, 2.75) is 19.9 Å². The zero-order valence-electron chi connectivity index (χ0n) is 21.5. The number of aromatic nitrogens is 1. The Morgan fingerprint density at radius 2 is 1.82 bits per heavy atom. The molecule has 0 aliphatic carbocycles. The number of rotatable bonds is 10. The van der Waals surface area contributed by atoms with E-state index in [1.165, 1.54) is 0 Å². The fraction of sp³-hybridized carbons (Fsp3) is 0.241. The number of pyridine rings is 1. The van der Waals surface area contributed by atoms with E-state index in [1.54, 1.807) is 49.5 Å². The number of nitrogens with one attached hydrogen (secondary N) is 2. The maximum atomic E-state index is 13.4. The topological polar surface area (TPSA) is 92.9 Å². The Bertz CT molecular complexity index is 1490. The molecule has 0 atom stereocenters. The van der Waals surface area contributed by atoms with Gasteiger partial charge in [-0.2, -0.15) is 0 Å². The number of benzene rings is 3. The number of carbonyl (C=O) groups is 1. The smallest absolute Gasteiger partial charge is 0.322 e. The first kappa shape index (κ1) is 26.9. The van der Waals surface area contributed by atoms with E-state index < -0.39 is 0 Å². The van der Waals surface area contributed by atoms with Crippen LogP contribution in [-0.2, 0) is 13.0 Å². The second-order valence-electron chi connectivity index (χ2n) is 8.61. The molecule has 3 aromatic carbocycles. The van der Waals surface area contributed by atoms with Gasteiger partial charge in [0.1, 0.15) is 5.75 Å². The molecule has 38 heavy (non-hydrogen) atoms. The van der Waals surface area contributed by atoms with Crippen LogP contribution in [0.15, 0.2) is 71.5 Å². The van der Waals surface area contributed by atoms with Crippen molar-refractivity contribution in [3.63, 3.8) is 0 Å². The number of methoxy groups -OCH3 is 2. The maximum absolute atomic E-state index is 13.4. The maximum Gasteiger partial charge on any atom is 0.322 e. The van der Waals surface area contributed by atoms with E-state index in [9.17, 15) is 9.59 Å². The summed E-state index contributed by atoms with van der Waals surface area (Å²) in [4.78, 5) is 30.8. The van der Waals surface area contributed by atoms with Gasteiger partial charge in [-0.1, -0.05) is 23.7 Å². The van der Waals surface area contributed by atoms with Gasteiger partial charge >= 0.3 is 6.03 Å². The van der Waals surface area contributed by atoms with E-state index in [2.05, 4.69) is 10.3 Å². The summed E-state index contributed by atoms with van der Waals surface area (Å²) in [5.74, 6) is 1.94. The molecule has 2 amide bonds. The number of halogens is 1. The van der Waals surface area contributed by atoms with Crippen molar-refractivity contribution >= 4 is 34.2 Å². The molecule has 4 aromatic rings. The normalized spacial score (nSPS) is 10.7. The van der Waals surface area contributed by atoms with Gasteiger partial charge in [0, 0.05) is 33.7 Å². The molecule has 0 unspecified atom stereocenters. The Balaban J connectivity index is 1.62. The number of aromatic amines is 1. The van der Waals surface area contributed by atoms with Crippen LogP contribution in [0.2, 0.25) is 5.02 Å². The minimum atomic E-state index is -0.352. The number of ether oxygens (including phenoxy) is 3. The number of hydrogen-bond donors (Lipinski definition) is 2. The van der Waals surface area contributed by atoms with Crippen LogP contribution in [0.25, 0.3) is 10.9 Å². The average Bonchev–Trinajstić information content (AvgIpc) is 2.91. The van der Waals surface area contributed by atoms with Crippen LogP contribution in [-0.4, -0.2) is 43.3 Å². The highest BCUT2D eigenvalue weighted by atomic mass is 35.5. The van der Waals surface area contributed by atoms with Crippen LogP contribution >= 0.6 is 11.6 Å². The molecule has 1 heterocycles. The predicted octanol–water partition coefficient (Wildman–Crippen LogP) is 5.87. The number of amides is 2. The number of urea groups is 1. The zero-order valence-corrected chi connectivity index (χ0v) is 22.3. The molecule has 0 fully saturated rings. The van der Waals surface area contributed by atoms with Gasteiger partial charge in [0.05, 0.1) is 27.4 Å². The van der Waals surface area contributed by atoms with Crippen LogP contribution in [0.4, 0.5) is 10.5 Å². The minimum Gasteiger partial charge on any atom is -0.494 e. The fourth-order valence-corrected chi connectivity index (χ4v) is 4.32. The Kier molecular flexibility index (Phi) is 8.76. The lowest BCUT2D eigenvalue weighted by atomic mass is 10.1. The summed E-state index contributed by atoms with van der Waals surface area (Å²) in [6, 6.07) is 19.5. The van der Waals surface area contributed by atoms with Gasteiger partial charge in [-0.05, 0) is 73.5 Å². The number of carbonyl (C=O) groups excluding carboxylic acids is 1. The first-order valence-corrected chi connectivity index (χ1v) is 12.6. The highest BCUT2D eigenvalue weighted by molar-refractivity contribution is 6.30. The molecule has 4 rings (SSSR count). The molecule has 2 N–H and O–H groups in total. The summed E-state index contributed by atoms with van der Waals surface area (Å²) < 4.78 is 16.3. The van der Waals surface area contributed by atoms with E-state index in [4.69, 9.17) is 25.8 Å². The van der Waals surface area contributed by atoms with E-state index in [1.807, 2.05) is 43.3 Å². The van der Waals surface area contributed by atoms with Crippen LogP contribution in [0.1, 0.15) is 18.1 Å². The Morgan fingerprint density at radius 1 is 1.00 bits per heavy atom. The number of fused-ring (bicyclic) bond motifs is 1. The van der Waals surface area contributed by atoms with Gasteiger partial charge in [-0.15, -0.1) is 0 Å². The Labute approximate surface area is 226 Å². The van der Waals surface area contributed by atoms with E-state index in [-0.39, 0.29) is 18.1 Å². The van der Waals surface area contributed by atoms with Crippen molar-refractivity contribution in [3.8, 4) is 17.2 Å². The summed E-state index contributed by atoms with van der Waals surface area (Å²) in [6.07, 6.45) is 0.531. The summed E-state index contributed by atoms with van der Waals surface area (Å²) >= 11 is 6.10. The molecule has 0 aliphatic rings. The number of H-pyrrole nitrogens is 1. The predicted molar refractivity (Wildman–Crippen MR) is 150 cm³/mol. The molecule has 0 radical (unpaired) electrons. The number of nitrogens with zero attached hydrogens (tertiary/aromatic N) is 1. The van der Waals surface area contributed by atoms with E-state index in [0.717, 1.165) is 10.9 Å². The molecule has 0 saturated carbocycles. The van der Waals surface area contributed by atoms with Gasteiger partial charge in [-0.3, -0.25) is 4.79 Å². The third-order valence-corrected chi connectivity index (χ3v) is 6.28. The van der Waals surface area contributed by atoms with Crippen molar-refractivity contribution in [1.82, 2.24) is 9.88 Å². The van der Waals surface area contributed by atoms with Crippen LogP contribution in [0, 0.1) is 0 Å². The summed E-state index contributed by atoms with van der Waals surface area (Å²) in [7, 11) is 3.16. The molecule has 0 aliphatic heterocycles. The van der Waals surface area contributed by atoms with Crippen molar-refractivity contribution in [2.75, 3.05) is 32.7 Å². The van der Waals surface area contributed by atoms with Gasteiger partial charge in [0.25, 0.3) is 5.56 Å². The Morgan fingerprint density at radius 3 is 2.55 bits per heavy atom. The molecular weight excluding hydrogens is 506 g/mol. The number of anilines is 1. The lowest BCUT2D eigenvalue weighted by Crippen LogP contribution is -2.37. The first-order chi connectivity index (χ1) is 18.4. The minimum absolute atomic E-state index is 0.101. The summed E-state index contributed by atoms with van der Waals surface area (Å²) in [5.41, 5.74) is 2.42. The van der Waals surface area contributed by atoms with E-state index in [0.29, 0.717) is 58.6 Å². The van der Waals surface area contributed by atoms with Crippen molar-refractivity contribution in [3.05, 3.63) is 93.2 Å². The Hall–Kier alpha value is -4.17. The SMILES string of the molecule is CCOc1ccc2[nH]c(=O)c(CN(CCc3ccc(OC)c(OC)c3)C(=O)Nc3cccc(Cl)c3)cc2c1. The first-order valence-electron chi connectivity index (χ1n) is 12.2. The monoisotopic (exact) mass is 535 g/mol. The molecule has 1 aromatic heterocycles. The number of hydrogen-bond acceptors (Lipinski definition) is 5. The van der Waals surface area contributed by atoms with Gasteiger partial charge < -0.3 is 29.4 Å². The van der Waals surface area contributed by atoms with Gasteiger partial charge in [0.15, 0.2) is 11.5 Å². The second-order valence-corrected chi connectivity index (χ2v) is 9.04. The average molecular weight is 536 g/mol. The lowest BCUT2D eigenvalue weighted by Gasteiger charge is -2.23. The molecular formula is C29H30ClN3O5. The van der Waals surface area contributed by atoms with Gasteiger partial charge in [0.2, 0.25) is 0 Å². The molecule has 8 nitrogen and oxygen atoms in total. The molecule has 0 saturated heterocycles. The summed E-state index contributed by atoms with van der Waals surface area (Å²) in [5, 5.41) is 4.22. The fourth-order valence-electron chi connectivity index (χ4n) is 4.13. The molecule has 9 heteroatoms. The highest BCUT2D eigenvalue weighted by Crippen LogP contribution is 2.28. The standard InChI is InChI=1S/C29H30ClN3O5/c1-4-38-24-9-10-25-20(16-24)15-21(28(34)32-25)18-33(29(35)31-23-7-5-6-22(30)17-23)13-12-19-8-11-26(36-2)27(14-19)37-3/h5-11,14-17H,4,12-13,18H2,1-3H3,(H,31,35)(H,32,34). The lowest BCUT2D eigenvalue weighted by molar-refractivity contribution is 0.209. The van der Waals surface area contributed by atoms with Crippen molar-refractivity contribution in [1.29, 1.82) is 0 Å². The van der Waals surface area contributed by atoms with Crippen LogP contribution in [0.3, 0.4) is 0 Å². The quantitative estimate of drug-likeness (QED) is 0.265. The van der Waals surface area contributed by atoms with Crippen LogP contribution < -0.4 is 25.1 Å². The van der Waals surface area contributed by atoms with Crippen molar-refractivity contribution in [2.24, 2.45) is 0 Å². The zero-order chi connectivity index (χ0) is 27.1. The van der Waals surface area contributed by atoms with Crippen LogP contribution in [0.5, 0.6) is 17.2 Å². The largest absolute Gasteiger partial charge is 0.494 e. The third kappa shape index (κ3) is 6.58. The molecule has 0 spiro atoms. The van der Waals surface area contributed by atoms with Crippen molar-refractivity contribution < 1.29 is 19.0 Å².